The molecule has 0 bridgehead atoms. The number of nitrogens with one attached hydrogen (secondary N) is 1. The van der Waals surface area contributed by atoms with Crippen molar-refractivity contribution < 1.29 is 4.79 Å². The van der Waals surface area contributed by atoms with E-state index in [1.54, 1.807) is 4.68 Å². The van der Waals surface area contributed by atoms with Crippen LogP contribution in [0.5, 0.6) is 0 Å². The van der Waals surface area contributed by atoms with Crippen molar-refractivity contribution >= 4 is 11.7 Å². The highest BCUT2D eigenvalue weighted by atomic mass is 16.1. The predicted molar refractivity (Wildman–Crippen MR) is 76.6 cm³/mol. The Hall–Kier alpha value is -2.50. The van der Waals surface area contributed by atoms with Gasteiger partial charge in [0.25, 0.3) is 0 Å². The number of hydrogen-bond acceptors (Lipinski definition) is 5. The van der Waals surface area contributed by atoms with E-state index < -0.39 is 0 Å². The van der Waals surface area contributed by atoms with Crippen LogP contribution < -0.4 is 5.32 Å². The Morgan fingerprint density at radius 3 is 2.86 bits per heavy atom. The number of benzene rings is 1. The van der Waals surface area contributed by atoms with Crippen molar-refractivity contribution in [1.29, 1.82) is 0 Å². The van der Waals surface area contributed by atoms with Crippen LogP contribution in [0.1, 0.15) is 37.3 Å². The fourth-order valence-electron chi connectivity index (χ4n) is 3.29. The molecule has 21 heavy (non-hydrogen) atoms. The number of carbonyl (C=O) groups excluding carboxylic acids is 1. The molecular formula is C15H15N5O. The van der Waals surface area contributed by atoms with Gasteiger partial charge in [-0.05, 0) is 35.3 Å². The molecule has 0 amide bonds. The molecule has 0 radical (unpaired) electrons. The molecule has 0 unspecified atom stereocenters. The Morgan fingerprint density at radius 1 is 1.24 bits per heavy atom. The second-order valence-corrected chi connectivity index (χ2v) is 5.58. The van der Waals surface area contributed by atoms with Gasteiger partial charge in [-0.15, -0.1) is 0 Å². The van der Waals surface area contributed by atoms with E-state index in [1.807, 2.05) is 25.1 Å². The molecule has 0 saturated carbocycles. The van der Waals surface area contributed by atoms with E-state index in [1.165, 1.54) is 5.56 Å². The number of hydrogen-bond donors (Lipinski definition) is 1. The normalized spacial score (nSPS) is 24.3. The summed E-state index contributed by atoms with van der Waals surface area (Å²) in [6, 6.07) is 10.1. The smallest absolute Gasteiger partial charge is 0.247 e. The Balaban J connectivity index is 1.71. The van der Waals surface area contributed by atoms with E-state index in [4.69, 9.17) is 0 Å². The van der Waals surface area contributed by atoms with Gasteiger partial charge >= 0.3 is 0 Å². The molecule has 2 heterocycles. The summed E-state index contributed by atoms with van der Waals surface area (Å²) in [5, 5.41) is 14.8. The van der Waals surface area contributed by atoms with Crippen LogP contribution in [-0.4, -0.2) is 26.0 Å². The fraction of sp³-hybridized carbons (Fsp3) is 0.333. The first-order chi connectivity index (χ1) is 10.2. The number of tetrazole rings is 1. The molecule has 1 aliphatic carbocycles. The third-order valence-electron chi connectivity index (χ3n) is 4.32. The average Bonchev–Trinajstić information content (AvgIpc) is 2.96. The van der Waals surface area contributed by atoms with E-state index in [2.05, 4.69) is 33.0 Å². The molecule has 1 aliphatic heterocycles. The lowest BCUT2D eigenvalue weighted by molar-refractivity contribution is -0.116. The number of Topliss-reactive ketones (excluding diaryl/α,β-unsaturated/α-hetero) is 1. The number of rotatable bonds is 1. The SMILES string of the molecule is C[C@H]1C2=C(C[C@@H](c3ccccc3)CC2=O)Nc2nnnn21. The van der Waals surface area contributed by atoms with Gasteiger partial charge in [0.1, 0.15) is 0 Å². The summed E-state index contributed by atoms with van der Waals surface area (Å²) in [5.74, 6) is 1.02. The first-order valence-electron chi connectivity index (χ1n) is 7.10. The molecule has 1 aromatic carbocycles. The zero-order chi connectivity index (χ0) is 14.4. The Labute approximate surface area is 121 Å². The molecule has 0 spiro atoms. The van der Waals surface area contributed by atoms with Gasteiger partial charge in [-0.2, -0.15) is 0 Å². The lowest BCUT2D eigenvalue weighted by Crippen LogP contribution is -2.31. The van der Waals surface area contributed by atoms with Crippen molar-refractivity contribution in [3.05, 3.63) is 47.2 Å². The standard InChI is InChI=1S/C15H15N5O/c1-9-14-12(16-15-17-18-19-20(9)15)7-11(8-13(14)21)10-5-3-2-4-6-10/h2-6,9,11H,7-8H2,1H3,(H,16,17,19)/t9-,11+/m0/s1. The molecule has 1 N–H and O–H groups in total. The molecule has 6 heteroatoms. The maximum absolute atomic E-state index is 12.6. The summed E-state index contributed by atoms with van der Waals surface area (Å²) in [4.78, 5) is 12.6. The van der Waals surface area contributed by atoms with Crippen LogP contribution in [-0.2, 0) is 4.79 Å². The van der Waals surface area contributed by atoms with Gasteiger partial charge < -0.3 is 5.32 Å². The van der Waals surface area contributed by atoms with E-state index in [0.29, 0.717) is 12.4 Å². The third-order valence-corrected chi connectivity index (χ3v) is 4.32. The van der Waals surface area contributed by atoms with E-state index in [9.17, 15) is 4.79 Å². The molecule has 1 aromatic heterocycles. The zero-order valence-corrected chi connectivity index (χ0v) is 11.7. The zero-order valence-electron chi connectivity index (χ0n) is 11.7. The number of ketones is 1. The highest BCUT2D eigenvalue weighted by Gasteiger charge is 2.36. The second-order valence-electron chi connectivity index (χ2n) is 5.58. The predicted octanol–water partition coefficient (Wildman–Crippen LogP) is 2.06. The molecular weight excluding hydrogens is 266 g/mol. The van der Waals surface area contributed by atoms with Gasteiger partial charge in [0, 0.05) is 17.7 Å². The Kier molecular flexibility index (Phi) is 2.63. The maximum Gasteiger partial charge on any atom is 0.247 e. The summed E-state index contributed by atoms with van der Waals surface area (Å²) in [6.45, 7) is 1.97. The van der Waals surface area contributed by atoms with Gasteiger partial charge in [-0.1, -0.05) is 35.4 Å². The van der Waals surface area contributed by atoms with E-state index in [0.717, 1.165) is 17.7 Å². The number of nitrogens with zero attached hydrogens (tertiary/aromatic N) is 4. The lowest BCUT2D eigenvalue weighted by Gasteiger charge is -2.33. The van der Waals surface area contributed by atoms with E-state index in [-0.39, 0.29) is 17.7 Å². The van der Waals surface area contributed by atoms with Crippen LogP contribution in [0.15, 0.2) is 41.6 Å². The van der Waals surface area contributed by atoms with Crippen molar-refractivity contribution in [3.8, 4) is 0 Å². The minimum absolute atomic E-state index is 0.101. The highest BCUT2D eigenvalue weighted by Crippen LogP contribution is 2.40. The van der Waals surface area contributed by atoms with Gasteiger partial charge in [-0.3, -0.25) is 4.79 Å². The van der Waals surface area contributed by atoms with Crippen molar-refractivity contribution in [2.45, 2.75) is 31.7 Å². The number of allylic oxidation sites excluding steroid dienone is 2. The van der Waals surface area contributed by atoms with E-state index >= 15 is 0 Å². The topological polar surface area (TPSA) is 72.7 Å². The summed E-state index contributed by atoms with van der Waals surface area (Å²) < 4.78 is 1.67. The van der Waals surface area contributed by atoms with Gasteiger partial charge in [0.15, 0.2) is 5.78 Å². The van der Waals surface area contributed by atoms with Crippen molar-refractivity contribution in [3.63, 3.8) is 0 Å². The average molecular weight is 281 g/mol. The maximum atomic E-state index is 12.6. The third kappa shape index (κ3) is 1.86. The van der Waals surface area contributed by atoms with Gasteiger partial charge in [0.2, 0.25) is 5.95 Å². The van der Waals surface area contributed by atoms with Crippen LogP contribution in [0.2, 0.25) is 0 Å². The first-order valence-corrected chi connectivity index (χ1v) is 7.10. The van der Waals surface area contributed by atoms with Crippen molar-refractivity contribution in [2.75, 3.05) is 5.32 Å². The Bertz CT molecular complexity index is 734. The molecule has 2 aromatic rings. The molecule has 2 aliphatic rings. The summed E-state index contributed by atoms with van der Waals surface area (Å²) >= 11 is 0. The number of fused-ring (bicyclic) bond motifs is 1. The lowest BCUT2D eigenvalue weighted by atomic mass is 9.79. The summed E-state index contributed by atoms with van der Waals surface area (Å²) in [5.41, 5.74) is 2.99. The monoisotopic (exact) mass is 281 g/mol. The first kappa shape index (κ1) is 12.3. The van der Waals surface area contributed by atoms with Crippen LogP contribution >= 0.6 is 0 Å². The van der Waals surface area contributed by atoms with Gasteiger partial charge in [0.05, 0.1) is 6.04 Å². The van der Waals surface area contributed by atoms with Gasteiger partial charge in [-0.25, -0.2) is 4.68 Å². The minimum atomic E-state index is -0.101. The van der Waals surface area contributed by atoms with Crippen LogP contribution in [0, 0.1) is 0 Å². The molecule has 4 rings (SSSR count). The second kappa shape index (κ2) is 4.51. The molecule has 6 nitrogen and oxygen atoms in total. The van der Waals surface area contributed by atoms with Crippen LogP contribution in [0.25, 0.3) is 0 Å². The number of carbonyl (C=O) groups is 1. The molecule has 0 saturated heterocycles. The quantitative estimate of drug-likeness (QED) is 0.866. The fourth-order valence-corrected chi connectivity index (χ4v) is 3.29. The van der Waals surface area contributed by atoms with Crippen LogP contribution in [0.4, 0.5) is 5.95 Å². The number of anilines is 1. The highest BCUT2D eigenvalue weighted by molar-refractivity contribution is 5.99. The van der Waals surface area contributed by atoms with Crippen molar-refractivity contribution in [1.82, 2.24) is 20.2 Å². The Morgan fingerprint density at radius 2 is 2.05 bits per heavy atom. The number of aromatic nitrogens is 4. The van der Waals surface area contributed by atoms with Crippen molar-refractivity contribution in [2.24, 2.45) is 0 Å². The molecule has 0 fully saturated rings. The summed E-state index contributed by atoms with van der Waals surface area (Å²) in [7, 11) is 0. The largest absolute Gasteiger partial charge is 0.326 e. The van der Waals surface area contributed by atoms with Crippen LogP contribution in [0.3, 0.4) is 0 Å². The summed E-state index contributed by atoms with van der Waals surface area (Å²) in [6.07, 6.45) is 1.37. The minimum Gasteiger partial charge on any atom is -0.326 e. The molecule has 2 atom stereocenters. The molecule has 106 valence electrons.